The van der Waals surface area contributed by atoms with E-state index < -0.39 is 0 Å². The van der Waals surface area contributed by atoms with Crippen LogP contribution in [0.4, 0.5) is 0 Å². The number of nitrogens with zero attached hydrogens (tertiary/aromatic N) is 3. The van der Waals surface area contributed by atoms with Gasteiger partial charge in [0, 0.05) is 43.6 Å². The van der Waals surface area contributed by atoms with Gasteiger partial charge in [0.25, 0.3) is 0 Å². The molecule has 25 heavy (non-hydrogen) atoms. The Hall–Kier alpha value is -2.30. The fourth-order valence-electron chi connectivity index (χ4n) is 3.65. The summed E-state index contributed by atoms with van der Waals surface area (Å²) < 4.78 is 0. The molecule has 4 heteroatoms. The van der Waals surface area contributed by atoms with Crippen LogP contribution in [0.3, 0.4) is 0 Å². The minimum Gasteiger partial charge on any atom is -0.316 e. The van der Waals surface area contributed by atoms with Crippen LogP contribution in [0.5, 0.6) is 0 Å². The lowest BCUT2D eigenvalue weighted by molar-refractivity contribution is 0.220. The molecule has 3 heterocycles. The van der Waals surface area contributed by atoms with Crippen LogP contribution in [0.25, 0.3) is 10.9 Å². The molecule has 128 valence electrons. The van der Waals surface area contributed by atoms with Crippen molar-refractivity contribution in [3.63, 3.8) is 0 Å². The number of benzene rings is 1. The first-order chi connectivity index (χ1) is 12.4. The number of hydrogen-bond donors (Lipinski definition) is 1. The molecule has 0 amide bonds. The molecule has 1 aliphatic heterocycles. The number of rotatable bonds is 6. The Labute approximate surface area is 148 Å². The largest absolute Gasteiger partial charge is 0.316 e. The second kappa shape index (κ2) is 7.72. The van der Waals surface area contributed by atoms with E-state index in [2.05, 4.69) is 50.5 Å². The predicted molar refractivity (Wildman–Crippen MR) is 101 cm³/mol. The SMILES string of the molecule is c1cncc(CN(Cc2ccc3ncccc3c2)C[C@@H]2CCNC2)c1. The van der Waals surface area contributed by atoms with Gasteiger partial charge in [0.2, 0.25) is 0 Å². The molecule has 1 aliphatic rings. The molecular formula is C21H24N4. The van der Waals surface area contributed by atoms with Crippen molar-refractivity contribution in [3.8, 4) is 0 Å². The molecule has 0 unspecified atom stereocenters. The maximum Gasteiger partial charge on any atom is 0.0702 e. The van der Waals surface area contributed by atoms with Crippen molar-refractivity contribution in [2.45, 2.75) is 19.5 Å². The van der Waals surface area contributed by atoms with Gasteiger partial charge in [-0.2, -0.15) is 0 Å². The van der Waals surface area contributed by atoms with E-state index in [1.165, 1.54) is 22.9 Å². The summed E-state index contributed by atoms with van der Waals surface area (Å²) in [5.74, 6) is 0.735. The van der Waals surface area contributed by atoms with E-state index in [0.717, 1.165) is 44.2 Å². The number of nitrogens with one attached hydrogen (secondary N) is 1. The maximum absolute atomic E-state index is 4.42. The Kier molecular flexibility index (Phi) is 5.00. The second-order valence-corrected chi connectivity index (χ2v) is 6.92. The Bertz CT molecular complexity index is 812. The topological polar surface area (TPSA) is 41.1 Å². The molecule has 1 fully saturated rings. The van der Waals surface area contributed by atoms with Crippen LogP contribution < -0.4 is 5.32 Å². The fourth-order valence-corrected chi connectivity index (χ4v) is 3.65. The molecule has 1 aromatic carbocycles. The summed E-state index contributed by atoms with van der Waals surface area (Å²) in [5.41, 5.74) is 3.68. The van der Waals surface area contributed by atoms with Crippen molar-refractivity contribution < 1.29 is 0 Å². The molecule has 0 aliphatic carbocycles. The highest BCUT2D eigenvalue weighted by Gasteiger charge is 2.19. The third-order valence-electron chi connectivity index (χ3n) is 4.88. The van der Waals surface area contributed by atoms with Gasteiger partial charge < -0.3 is 5.32 Å². The number of hydrogen-bond acceptors (Lipinski definition) is 4. The molecule has 1 saturated heterocycles. The van der Waals surface area contributed by atoms with Crippen LogP contribution >= 0.6 is 0 Å². The smallest absolute Gasteiger partial charge is 0.0702 e. The van der Waals surface area contributed by atoms with Gasteiger partial charge in [0.1, 0.15) is 0 Å². The van der Waals surface area contributed by atoms with Crippen LogP contribution in [-0.4, -0.2) is 34.5 Å². The molecule has 0 bridgehead atoms. The quantitative estimate of drug-likeness (QED) is 0.752. The Balaban J connectivity index is 1.53. The molecule has 0 radical (unpaired) electrons. The van der Waals surface area contributed by atoms with Crippen molar-refractivity contribution in [1.29, 1.82) is 0 Å². The maximum atomic E-state index is 4.42. The summed E-state index contributed by atoms with van der Waals surface area (Å²) in [6.45, 7) is 5.29. The Morgan fingerprint density at radius 1 is 1.04 bits per heavy atom. The lowest BCUT2D eigenvalue weighted by atomic mass is 10.1. The first-order valence-corrected chi connectivity index (χ1v) is 9.02. The Morgan fingerprint density at radius 3 is 2.80 bits per heavy atom. The normalized spacial score (nSPS) is 17.4. The van der Waals surface area contributed by atoms with Gasteiger partial charge in [-0.05, 0) is 60.8 Å². The van der Waals surface area contributed by atoms with Gasteiger partial charge in [-0.1, -0.05) is 18.2 Å². The number of pyridine rings is 2. The fraction of sp³-hybridized carbons (Fsp3) is 0.333. The molecular weight excluding hydrogens is 308 g/mol. The first-order valence-electron chi connectivity index (χ1n) is 9.02. The summed E-state index contributed by atoms with van der Waals surface area (Å²) in [5, 5.41) is 4.69. The van der Waals surface area contributed by atoms with Gasteiger partial charge in [0.05, 0.1) is 5.52 Å². The average molecular weight is 332 g/mol. The molecule has 4 nitrogen and oxygen atoms in total. The van der Waals surface area contributed by atoms with Crippen LogP contribution in [-0.2, 0) is 13.1 Å². The molecule has 3 aromatic rings. The van der Waals surface area contributed by atoms with E-state index in [-0.39, 0.29) is 0 Å². The van der Waals surface area contributed by atoms with Crippen molar-refractivity contribution in [2.75, 3.05) is 19.6 Å². The van der Waals surface area contributed by atoms with Crippen molar-refractivity contribution >= 4 is 10.9 Å². The first kappa shape index (κ1) is 16.2. The van der Waals surface area contributed by atoms with Gasteiger partial charge in [0.15, 0.2) is 0 Å². The summed E-state index contributed by atoms with van der Waals surface area (Å²) in [7, 11) is 0. The van der Waals surface area contributed by atoms with Crippen molar-refractivity contribution in [2.24, 2.45) is 5.92 Å². The summed E-state index contributed by atoms with van der Waals surface area (Å²) in [4.78, 5) is 11.2. The molecule has 4 rings (SSSR count). The van der Waals surface area contributed by atoms with E-state index >= 15 is 0 Å². The summed E-state index contributed by atoms with van der Waals surface area (Å²) in [6, 6.07) is 14.9. The second-order valence-electron chi connectivity index (χ2n) is 6.92. The highest BCUT2D eigenvalue weighted by Crippen LogP contribution is 2.18. The lowest BCUT2D eigenvalue weighted by Crippen LogP contribution is -2.30. The lowest BCUT2D eigenvalue weighted by Gasteiger charge is -2.25. The zero-order chi connectivity index (χ0) is 16.9. The third-order valence-corrected chi connectivity index (χ3v) is 4.88. The average Bonchev–Trinajstić information content (AvgIpc) is 3.15. The molecule has 1 atom stereocenters. The van der Waals surface area contributed by atoms with E-state index in [1.807, 2.05) is 30.7 Å². The monoisotopic (exact) mass is 332 g/mol. The highest BCUT2D eigenvalue weighted by atomic mass is 15.1. The van der Waals surface area contributed by atoms with E-state index in [0.29, 0.717) is 0 Å². The van der Waals surface area contributed by atoms with Gasteiger partial charge in [-0.3, -0.25) is 14.9 Å². The Morgan fingerprint density at radius 2 is 1.96 bits per heavy atom. The number of fused-ring (bicyclic) bond motifs is 1. The summed E-state index contributed by atoms with van der Waals surface area (Å²) >= 11 is 0. The van der Waals surface area contributed by atoms with E-state index in [4.69, 9.17) is 0 Å². The van der Waals surface area contributed by atoms with E-state index in [9.17, 15) is 0 Å². The van der Waals surface area contributed by atoms with Crippen LogP contribution in [0.2, 0.25) is 0 Å². The highest BCUT2D eigenvalue weighted by molar-refractivity contribution is 5.78. The van der Waals surface area contributed by atoms with E-state index in [1.54, 1.807) is 0 Å². The minimum atomic E-state index is 0.735. The molecule has 0 saturated carbocycles. The van der Waals surface area contributed by atoms with Crippen LogP contribution in [0, 0.1) is 5.92 Å². The van der Waals surface area contributed by atoms with Crippen LogP contribution in [0.1, 0.15) is 17.5 Å². The number of aromatic nitrogens is 2. The summed E-state index contributed by atoms with van der Waals surface area (Å²) in [6.07, 6.45) is 6.93. The predicted octanol–water partition coefficient (Wildman–Crippen LogP) is 3.24. The van der Waals surface area contributed by atoms with Crippen molar-refractivity contribution in [1.82, 2.24) is 20.2 Å². The molecule has 0 spiro atoms. The third kappa shape index (κ3) is 4.21. The van der Waals surface area contributed by atoms with Gasteiger partial charge >= 0.3 is 0 Å². The molecule has 1 N–H and O–H groups in total. The molecule has 2 aromatic heterocycles. The van der Waals surface area contributed by atoms with Crippen molar-refractivity contribution in [3.05, 3.63) is 72.2 Å². The van der Waals surface area contributed by atoms with Crippen LogP contribution in [0.15, 0.2) is 61.1 Å². The zero-order valence-electron chi connectivity index (χ0n) is 14.4. The van der Waals surface area contributed by atoms with Gasteiger partial charge in [-0.15, -0.1) is 0 Å². The minimum absolute atomic E-state index is 0.735. The standard InChI is InChI=1S/C21H24N4/c1-3-18(12-22-8-1)15-25(16-19-7-10-23-13-19)14-17-5-6-21-20(11-17)4-2-9-24-21/h1-6,8-9,11-12,19,23H,7,10,13-16H2/t19-/m1/s1. The zero-order valence-corrected chi connectivity index (χ0v) is 14.4. The van der Waals surface area contributed by atoms with Gasteiger partial charge in [-0.25, -0.2) is 0 Å².